The average Bonchev–Trinajstić information content (AvgIpc) is 2.77. The Morgan fingerprint density at radius 3 is 2.45 bits per heavy atom. The monoisotopic (exact) mass is 387 g/mol. The van der Waals surface area contributed by atoms with Crippen molar-refractivity contribution in [1.29, 1.82) is 0 Å². The number of ether oxygens (including phenoxy) is 2. The van der Waals surface area contributed by atoms with Crippen LogP contribution >= 0.6 is 0 Å². The average molecular weight is 387 g/mol. The lowest BCUT2D eigenvalue weighted by molar-refractivity contribution is -0.122. The van der Waals surface area contributed by atoms with Crippen LogP contribution in [0.15, 0.2) is 60.7 Å². The van der Waals surface area contributed by atoms with Gasteiger partial charge in [0, 0.05) is 6.54 Å². The molecule has 3 aromatic carbocycles. The molecule has 0 aliphatic carbocycles. The van der Waals surface area contributed by atoms with E-state index in [1.165, 1.54) is 0 Å². The van der Waals surface area contributed by atoms with Crippen LogP contribution in [0.1, 0.15) is 24.0 Å². The minimum Gasteiger partial charge on any atom is -0.497 e. The second-order valence-corrected chi connectivity index (χ2v) is 6.87. The van der Waals surface area contributed by atoms with Crippen LogP contribution in [0.4, 0.5) is 0 Å². The van der Waals surface area contributed by atoms with Crippen molar-refractivity contribution in [3.8, 4) is 23.8 Å². The fourth-order valence-corrected chi connectivity index (χ4v) is 3.15. The summed E-state index contributed by atoms with van der Waals surface area (Å²) in [4.78, 5) is 12.6. The number of carbonyl (C=O) groups excluding carboxylic acids is 1. The van der Waals surface area contributed by atoms with Gasteiger partial charge in [-0.3, -0.25) is 4.79 Å². The molecule has 148 valence electrons. The van der Waals surface area contributed by atoms with Crippen molar-refractivity contribution in [3.63, 3.8) is 0 Å². The molecule has 3 aromatic rings. The van der Waals surface area contributed by atoms with Crippen molar-refractivity contribution in [2.75, 3.05) is 20.3 Å². The van der Waals surface area contributed by atoms with Crippen molar-refractivity contribution in [1.82, 2.24) is 5.32 Å². The summed E-state index contributed by atoms with van der Waals surface area (Å²) >= 11 is 0. The maximum atomic E-state index is 12.6. The number of methoxy groups -OCH3 is 1. The Bertz CT molecular complexity index is 1020. The zero-order valence-corrected chi connectivity index (χ0v) is 16.8. The Hall–Kier alpha value is -3.45. The minimum absolute atomic E-state index is 0.0202. The molecule has 0 aliphatic heterocycles. The molecule has 3 rings (SSSR count). The number of hydrogen-bond acceptors (Lipinski definition) is 3. The number of hydrogen-bond donors (Lipinski definition) is 1. The molecule has 0 saturated carbocycles. The van der Waals surface area contributed by atoms with Gasteiger partial charge in [0.2, 0.25) is 5.91 Å². The van der Waals surface area contributed by atoms with Gasteiger partial charge >= 0.3 is 0 Å². The van der Waals surface area contributed by atoms with E-state index in [9.17, 15) is 4.79 Å². The molecule has 0 unspecified atom stereocenters. The van der Waals surface area contributed by atoms with Crippen molar-refractivity contribution in [2.45, 2.75) is 19.3 Å². The van der Waals surface area contributed by atoms with Crippen LogP contribution in [0.3, 0.4) is 0 Å². The summed E-state index contributed by atoms with van der Waals surface area (Å²) in [5.41, 5.74) is 2.13. The Morgan fingerprint density at radius 1 is 1.03 bits per heavy atom. The highest BCUT2D eigenvalue weighted by atomic mass is 16.5. The predicted octanol–water partition coefficient (Wildman–Crippen LogP) is 4.32. The number of nitrogens with one attached hydrogen (secondary N) is 1. The van der Waals surface area contributed by atoms with Gasteiger partial charge in [-0.25, -0.2) is 0 Å². The van der Waals surface area contributed by atoms with Crippen LogP contribution in [0, 0.1) is 12.3 Å². The SMILES string of the molecule is C#CCOc1ccc(CCNC(=O)[C@@H](C)c2ccc3cc(OC)ccc3c2)cc1. The summed E-state index contributed by atoms with van der Waals surface area (Å²) in [6.45, 7) is 2.77. The predicted molar refractivity (Wildman–Crippen MR) is 116 cm³/mol. The Labute approximate surface area is 171 Å². The quantitative estimate of drug-likeness (QED) is 0.586. The van der Waals surface area contributed by atoms with Crippen molar-refractivity contribution >= 4 is 16.7 Å². The third-order valence-corrected chi connectivity index (χ3v) is 4.92. The van der Waals surface area contributed by atoms with Crippen LogP contribution in [0.2, 0.25) is 0 Å². The Balaban J connectivity index is 1.55. The lowest BCUT2D eigenvalue weighted by Gasteiger charge is -2.14. The van der Waals surface area contributed by atoms with Crippen LogP contribution in [-0.4, -0.2) is 26.2 Å². The summed E-state index contributed by atoms with van der Waals surface area (Å²) in [7, 11) is 1.66. The van der Waals surface area contributed by atoms with Gasteiger partial charge < -0.3 is 14.8 Å². The number of carbonyl (C=O) groups is 1. The minimum atomic E-state index is -0.221. The van der Waals surface area contributed by atoms with E-state index in [1.807, 2.05) is 61.5 Å². The third kappa shape index (κ3) is 5.30. The third-order valence-electron chi connectivity index (χ3n) is 4.92. The molecule has 4 nitrogen and oxygen atoms in total. The van der Waals surface area contributed by atoms with Crippen LogP contribution in [0.25, 0.3) is 10.8 Å². The first-order valence-corrected chi connectivity index (χ1v) is 9.61. The largest absolute Gasteiger partial charge is 0.497 e. The number of benzene rings is 3. The smallest absolute Gasteiger partial charge is 0.227 e. The molecule has 0 aliphatic rings. The van der Waals surface area contributed by atoms with Crippen LogP contribution in [-0.2, 0) is 11.2 Å². The number of rotatable bonds is 8. The van der Waals surface area contributed by atoms with E-state index < -0.39 is 0 Å². The van der Waals surface area contributed by atoms with Crippen molar-refractivity contribution < 1.29 is 14.3 Å². The van der Waals surface area contributed by atoms with Gasteiger partial charge in [-0.2, -0.15) is 0 Å². The van der Waals surface area contributed by atoms with E-state index >= 15 is 0 Å². The lowest BCUT2D eigenvalue weighted by Crippen LogP contribution is -2.29. The molecule has 0 heterocycles. The van der Waals surface area contributed by atoms with Gasteiger partial charge in [-0.15, -0.1) is 6.42 Å². The Morgan fingerprint density at radius 2 is 1.72 bits per heavy atom. The molecule has 1 atom stereocenters. The fraction of sp³-hybridized carbons (Fsp3) is 0.240. The van der Waals surface area contributed by atoms with Gasteiger partial charge in [0.15, 0.2) is 0 Å². The number of fused-ring (bicyclic) bond motifs is 1. The molecule has 0 saturated heterocycles. The first kappa shape index (κ1) is 20.3. The van der Waals surface area contributed by atoms with Crippen LogP contribution < -0.4 is 14.8 Å². The standard InChI is InChI=1S/C25H25NO3/c1-4-15-29-23-10-5-19(6-11-23)13-14-26-25(27)18(2)20-7-8-22-17-24(28-3)12-9-21(22)16-20/h1,5-12,16-18H,13-15H2,2-3H3,(H,26,27)/t18-/m0/s1. The van der Waals surface area contributed by atoms with Crippen molar-refractivity contribution in [3.05, 3.63) is 71.8 Å². The normalized spacial score (nSPS) is 11.5. The molecule has 0 bridgehead atoms. The van der Waals surface area contributed by atoms with Gasteiger partial charge in [0.1, 0.15) is 18.1 Å². The summed E-state index contributed by atoms with van der Waals surface area (Å²) in [6, 6.07) is 19.8. The zero-order chi connectivity index (χ0) is 20.6. The van der Waals surface area contributed by atoms with Crippen molar-refractivity contribution in [2.24, 2.45) is 0 Å². The molecule has 0 radical (unpaired) electrons. The molecule has 1 amide bonds. The molecule has 4 heteroatoms. The fourth-order valence-electron chi connectivity index (χ4n) is 3.15. The lowest BCUT2D eigenvalue weighted by atomic mass is 9.97. The second-order valence-electron chi connectivity index (χ2n) is 6.87. The summed E-state index contributed by atoms with van der Waals surface area (Å²) < 4.78 is 10.6. The molecular formula is C25H25NO3. The highest BCUT2D eigenvalue weighted by molar-refractivity contribution is 5.88. The number of terminal acetylenes is 1. The molecular weight excluding hydrogens is 362 g/mol. The molecule has 1 N–H and O–H groups in total. The van der Waals surface area contributed by atoms with E-state index in [2.05, 4.69) is 17.3 Å². The molecule has 0 aromatic heterocycles. The van der Waals surface area contributed by atoms with Crippen LogP contribution in [0.5, 0.6) is 11.5 Å². The molecule has 29 heavy (non-hydrogen) atoms. The first-order chi connectivity index (χ1) is 14.1. The topological polar surface area (TPSA) is 47.6 Å². The molecule has 0 fully saturated rings. The van der Waals surface area contributed by atoms with E-state index in [-0.39, 0.29) is 18.4 Å². The summed E-state index contributed by atoms with van der Waals surface area (Å²) in [6.07, 6.45) is 5.94. The Kier molecular flexibility index (Phi) is 6.76. The first-order valence-electron chi connectivity index (χ1n) is 9.61. The summed E-state index contributed by atoms with van der Waals surface area (Å²) in [5.74, 6) is 3.81. The highest BCUT2D eigenvalue weighted by Crippen LogP contribution is 2.25. The van der Waals surface area contributed by atoms with E-state index in [1.54, 1.807) is 7.11 Å². The zero-order valence-electron chi connectivity index (χ0n) is 16.8. The van der Waals surface area contributed by atoms with Gasteiger partial charge in [-0.1, -0.05) is 42.3 Å². The van der Waals surface area contributed by atoms with E-state index in [4.69, 9.17) is 15.9 Å². The van der Waals surface area contributed by atoms with E-state index in [0.717, 1.165) is 39.8 Å². The highest BCUT2D eigenvalue weighted by Gasteiger charge is 2.15. The van der Waals surface area contributed by atoms with Gasteiger partial charge in [0.25, 0.3) is 0 Å². The van der Waals surface area contributed by atoms with E-state index in [0.29, 0.717) is 6.54 Å². The number of amides is 1. The maximum Gasteiger partial charge on any atom is 0.227 e. The van der Waals surface area contributed by atoms with Gasteiger partial charge in [-0.05, 0) is 59.5 Å². The summed E-state index contributed by atoms with van der Waals surface area (Å²) in [5, 5.41) is 5.21. The molecule has 0 spiro atoms. The van der Waals surface area contributed by atoms with Gasteiger partial charge in [0.05, 0.1) is 13.0 Å². The second kappa shape index (κ2) is 9.66. The maximum absolute atomic E-state index is 12.6.